The number of hydrogen-bond acceptors (Lipinski definition) is 4. The first kappa shape index (κ1) is 14.7. The molecule has 3 rings (SSSR count). The van der Waals surface area contributed by atoms with E-state index >= 15 is 0 Å². The highest BCUT2D eigenvalue weighted by Crippen LogP contribution is 2.40. The Morgan fingerprint density at radius 1 is 1.55 bits per heavy atom. The second-order valence-electron chi connectivity index (χ2n) is 5.27. The molecule has 2 atom stereocenters. The van der Waals surface area contributed by atoms with Crippen LogP contribution in [0, 0.1) is 6.92 Å². The zero-order valence-electron chi connectivity index (χ0n) is 11.7. The summed E-state index contributed by atoms with van der Waals surface area (Å²) in [5.41, 5.74) is 7.60. The lowest BCUT2D eigenvalue weighted by Crippen LogP contribution is -2.39. The smallest absolute Gasteiger partial charge is 0.0570 e. The molecule has 0 spiro atoms. The summed E-state index contributed by atoms with van der Waals surface area (Å²) in [6, 6.07) is 5.31. The third-order valence-electron chi connectivity index (χ3n) is 4.15. The highest BCUT2D eigenvalue weighted by molar-refractivity contribution is 9.10. The predicted molar refractivity (Wildman–Crippen MR) is 91.7 cm³/mol. The van der Waals surface area contributed by atoms with Gasteiger partial charge in [-0.25, -0.2) is 0 Å². The van der Waals surface area contributed by atoms with Crippen molar-refractivity contribution in [3.8, 4) is 0 Å². The number of aryl methyl sites for hydroxylation is 1. The minimum Gasteiger partial charge on any atom is -0.329 e. The molecule has 5 heteroatoms. The van der Waals surface area contributed by atoms with Gasteiger partial charge in [-0.1, -0.05) is 0 Å². The van der Waals surface area contributed by atoms with Crippen molar-refractivity contribution < 1.29 is 0 Å². The van der Waals surface area contributed by atoms with Crippen molar-refractivity contribution in [2.45, 2.75) is 32.4 Å². The molecule has 2 aromatic rings. The SMILES string of the molecule is Cc1sc(C(CN)N2CCc3sccc3C2C)cc1Br. The number of nitrogens with zero attached hydrogens (tertiary/aromatic N) is 1. The van der Waals surface area contributed by atoms with Crippen molar-refractivity contribution in [1.29, 1.82) is 0 Å². The summed E-state index contributed by atoms with van der Waals surface area (Å²) in [6.45, 7) is 6.24. The van der Waals surface area contributed by atoms with Crippen LogP contribution in [0.1, 0.15) is 39.2 Å². The predicted octanol–water partition coefficient (Wildman–Crippen LogP) is 4.50. The summed E-state index contributed by atoms with van der Waals surface area (Å²) < 4.78 is 1.21. The molecule has 0 radical (unpaired) electrons. The van der Waals surface area contributed by atoms with Crippen LogP contribution in [0.2, 0.25) is 0 Å². The van der Waals surface area contributed by atoms with Gasteiger partial charge >= 0.3 is 0 Å². The molecule has 1 aliphatic rings. The maximum atomic E-state index is 6.10. The zero-order chi connectivity index (χ0) is 14.3. The molecule has 2 unspecified atom stereocenters. The van der Waals surface area contributed by atoms with E-state index in [1.54, 1.807) is 4.88 Å². The molecule has 0 aromatic carbocycles. The van der Waals surface area contributed by atoms with E-state index in [4.69, 9.17) is 5.73 Å². The van der Waals surface area contributed by atoms with Gasteiger partial charge in [0.1, 0.15) is 0 Å². The number of fused-ring (bicyclic) bond motifs is 1. The molecule has 0 bridgehead atoms. The Kier molecular flexibility index (Phi) is 4.34. The second-order valence-corrected chi connectivity index (χ2v) is 8.41. The summed E-state index contributed by atoms with van der Waals surface area (Å²) in [7, 11) is 0. The zero-order valence-corrected chi connectivity index (χ0v) is 14.9. The maximum Gasteiger partial charge on any atom is 0.0570 e. The van der Waals surface area contributed by atoms with Crippen LogP contribution in [0.5, 0.6) is 0 Å². The van der Waals surface area contributed by atoms with Crippen LogP contribution in [0.4, 0.5) is 0 Å². The Morgan fingerprint density at radius 3 is 3.00 bits per heavy atom. The molecule has 0 aliphatic carbocycles. The molecule has 2 nitrogen and oxygen atoms in total. The van der Waals surface area contributed by atoms with Crippen LogP contribution in [0.25, 0.3) is 0 Å². The topological polar surface area (TPSA) is 29.3 Å². The minimum atomic E-state index is 0.327. The lowest BCUT2D eigenvalue weighted by atomic mass is 9.98. The van der Waals surface area contributed by atoms with Crippen molar-refractivity contribution in [1.82, 2.24) is 4.90 Å². The quantitative estimate of drug-likeness (QED) is 0.861. The normalized spacial score (nSPS) is 20.9. The lowest BCUT2D eigenvalue weighted by Gasteiger charge is -2.38. The lowest BCUT2D eigenvalue weighted by molar-refractivity contribution is 0.141. The van der Waals surface area contributed by atoms with Crippen LogP contribution in [0.15, 0.2) is 22.0 Å². The van der Waals surface area contributed by atoms with Crippen molar-refractivity contribution in [3.05, 3.63) is 42.2 Å². The molecular formula is C15H19BrN2S2. The van der Waals surface area contributed by atoms with Crippen LogP contribution in [0.3, 0.4) is 0 Å². The van der Waals surface area contributed by atoms with E-state index in [1.807, 2.05) is 22.7 Å². The number of hydrogen-bond donors (Lipinski definition) is 1. The first-order valence-corrected chi connectivity index (χ1v) is 9.38. The van der Waals surface area contributed by atoms with Gasteiger partial charge in [0, 0.05) is 38.2 Å². The fourth-order valence-electron chi connectivity index (χ4n) is 3.02. The van der Waals surface area contributed by atoms with E-state index in [2.05, 4.69) is 52.2 Å². The molecule has 0 saturated carbocycles. The molecule has 1 aliphatic heterocycles. The summed E-state index contributed by atoms with van der Waals surface area (Å²) >= 11 is 7.38. The van der Waals surface area contributed by atoms with Gasteiger partial charge < -0.3 is 5.73 Å². The third kappa shape index (κ3) is 2.50. The van der Waals surface area contributed by atoms with E-state index in [1.165, 1.54) is 19.8 Å². The molecule has 3 heterocycles. The van der Waals surface area contributed by atoms with Crippen molar-refractivity contribution >= 4 is 38.6 Å². The fourth-order valence-corrected chi connectivity index (χ4v) is 5.67. The fraction of sp³-hybridized carbons (Fsp3) is 0.467. The molecule has 20 heavy (non-hydrogen) atoms. The van der Waals surface area contributed by atoms with Gasteiger partial charge in [-0.15, -0.1) is 22.7 Å². The summed E-state index contributed by atoms with van der Waals surface area (Å²) in [5.74, 6) is 0. The van der Waals surface area contributed by atoms with Gasteiger partial charge in [-0.05, 0) is 59.3 Å². The summed E-state index contributed by atoms with van der Waals surface area (Å²) in [6.07, 6.45) is 1.15. The third-order valence-corrected chi connectivity index (χ3v) is 7.39. The van der Waals surface area contributed by atoms with E-state index in [0.29, 0.717) is 18.6 Å². The minimum absolute atomic E-state index is 0.327. The largest absolute Gasteiger partial charge is 0.329 e. The number of thiophene rings is 2. The van der Waals surface area contributed by atoms with Crippen molar-refractivity contribution in [3.63, 3.8) is 0 Å². The van der Waals surface area contributed by atoms with E-state index in [-0.39, 0.29) is 0 Å². The Morgan fingerprint density at radius 2 is 2.35 bits per heavy atom. The molecule has 0 fully saturated rings. The highest BCUT2D eigenvalue weighted by atomic mass is 79.9. The molecule has 2 aromatic heterocycles. The molecule has 0 amide bonds. The standard InChI is InChI=1S/C15H19BrN2S2/c1-9-11-4-6-19-14(11)3-5-18(9)13(8-17)15-7-12(16)10(2)20-15/h4,6-7,9,13H,3,5,8,17H2,1-2H3. The van der Waals surface area contributed by atoms with E-state index in [9.17, 15) is 0 Å². The van der Waals surface area contributed by atoms with Gasteiger partial charge in [-0.3, -0.25) is 4.90 Å². The van der Waals surface area contributed by atoms with Gasteiger partial charge in [0.25, 0.3) is 0 Å². The van der Waals surface area contributed by atoms with Crippen LogP contribution in [-0.2, 0) is 6.42 Å². The van der Waals surface area contributed by atoms with Gasteiger partial charge in [0.15, 0.2) is 0 Å². The van der Waals surface area contributed by atoms with Crippen LogP contribution >= 0.6 is 38.6 Å². The molecular weight excluding hydrogens is 352 g/mol. The first-order chi connectivity index (χ1) is 9.61. The summed E-state index contributed by atoms with van der Waals surface area (Å²) in [5, 5.41) is 2.22. The summed E-state index contributed by atoms with van der Waals surface area (Å²) in [4.78, 5) is 6.82. The van der Waals surface area contributed by atoms with Gasteiger partial charge in [-0.2, -0.15) is 0 Å². The molecule has 108 valence electrons. The van der Waals surface area contributed by atoms with Crippen LogP contribution < -0.4 is 5.73 Å². The molecule has 0 saturated heterocycles. The number of rotatable bonds is 3. The van der Waals surface area contributed by atoms with Gasteiger partial charge in [0.2, 0.25) is 0 Å². The highest BCUT2D eigenvalue weighted by Gasteiger charge is 2.31. The average Bonchev–Trinajstić information content (AvgIpc) is 3.02. The Labute approximate surface area is 136 Å². The second kappa shape index (κ2) is 5.89. The Bertz CT molecular complexity index is 585. The van der Waals surface area contributed by atoms with Crippen LogP contribution in [-0.4, -0.2) is 18.0 Å². The first-order valence-electron chi connectivity index (χ1n) is 6.89. The monoisotopic (exact) mass is 370 g/mol. The maximum absolute atomic E-state index is 6.10. The molecule has 2 N–H and O–H groups in total. The van der Waals surface area contributed by atoms with Gasteiger partial charge in [0.05, 0.1) is 6.04 Å². The van der Waals surface area contributed by atoms with E-state index in [0.717, 1.165) is 13.0 Å². The number of nitrogens with two attached hydrogens (primary N) is 1. The van der Waals surface area contributed by atoms with Crippen molar-refractivity contribution in [2.75, 3.05) is 13.1 Å². The Balaban J connectivity index is 1.91. The van der Waals surface area contributed by atoms with Crippen molar-refractivity contribution in [2.24, 2.45) is 5.73 Å². The van der Waals surface area contributed by atoms with E-state index < -0.39 is 0 Å². The Hall–Kier alpha value is -0.200. The number of halogens is 1. The average molecular weight is 371 g/mol.